The predicted molar refractivity (Wildman–Crippen MR) is 125 cm³/mol. The van der Waals surface area contributed by atoms with Gasteiger partial charge in [-0.2, -0.15) is 0 Å². The second kappa shape index (κ2) is 10.9. The van der Waals surface area contributed by atoms with Gasteiger partial charge in [-0.15, -0.1) is 0 Å². The molecule has 0 amide bonds. The number of phenols is 1. The molecule has 174 valence electrons. The van der Waals surface area contributed by atoms with E-state index < -0.39 is 17.7 Å². The maximum Gasteiger partial charge on any atom is 0.306 e. The van der Waals surface area contributed by atoms with Gasteiger partial charge >= 0.3 is 5.97 Å². The van der Waals surface area contributed by atoms with Crippen LogP contribution in [0.25, 0.3) is 11.1 Å². The Bertz CT molecular complexity index is 1110. The smallest absolute Gasteiger partial charge is 0.306 e. The number of phenolic OH excluding ortho intramolecular Hbond substituents is 1. The summed E-state index contributed by atoms with van der Waals surface area (Å²) in [6.07, 6.45) is 1.65. The van der Waals surface area contributed by atoms with Gasteiger partial charge in [0.05, 0.1) is 13.0 Å². The molecule has 0 saturated carbocycles. The highest BCUT2D eigenvalue weighted by molar-refractivity contribution is 5.72. The molecule has 6 heteroatoms. The average Bonchev–Trinajstić information content (AvgIpc) is 2.81. The Morgan fingerprint density at radius 3 is 2.48 bits per heavy atom. The normalized spacial score (nSPS) is 12.7. The number of aliphatic carboxylic acids is 1. The van der Waals surface area contributed by atoms with E-state index >= 15 is 0 Å². The molecule has 0 aliphatic carbocycles. The molecule has 2 N–H and O–H groups in total. The van der Waals surface area contributed by atoms with E-state index in [9.17, 15) is 19.4 Å². The Kier molecular flexibility index (Phi) is 7.93. The number of hydrogen-bond acceptors (Lipinski definition) is 4. The molecule has 3 aromatic carbocycles. The highest BCUT2D eigenvalue weighted by atomic mass is 19.1. The first kappa shape index (κ1) is 24.1. The maximum atomic E-state index is 14.3. The Labute approximate surface area is 193 Å². The van der Waals surface area contributed by atoms with Crippen LogP contribution in [-0.2, 0) is 11.4 Å². The van der Waals surface area contributed by atoms with Crippen molar-refractivity contribution in [3.63, 3.8) is 0 Å². The van der Waals surface area contributed by atoms with Crippen molar-refractivity contribution in [3.8, 4) is 28.4 Å². The van der Waals surface area contributed by atoms with Crippen LogP contribution in [0.5, 0.6) is 17.2 Å². The fourth-order valence-electron chi connectivity index (χ4n) is 3.92. The van der Waals surface area contributed by atoms with Crippen LogP contribution in [-0.4, -0.2) is 23.3 Å². The first-order chi connectivity index (χ1) is 15.8. The molecule has 0 bridgehead atoms. The zero-order valence-electron chi connectivity index (χ0n) is 19.0. The van der Waals surface area contributed by atoms with Gasteiger partial charge in [-0.1, -0.05) is 44.5 Å². The number of methoxy groups -OCH3 is 1. The number of aromatic hydroxyl groups is 1. The monoisotopic (exact) mass is 452 g/mol. The number of rotatable bonds is 10. The minimum atomic E-state index is -0.817. The molecule has 2 atom stereocenters. The lowest BCUT2D eigenvalue weighted by Gasteiger charge is -2.21. The molecule has 0 aliphatic rings. The first-order valence-electron chi connectivity index (χ1n) is 10.9. The third kappa shape index (κ3) is 5.83. The molecule has 0 heterocycles. The van der Waals surface area contributed by atoms with Crippen LogP contribution in [0.1, 0.15) is 43.7 Å². The summed E-state index contributed by atoms with van der Waals surface area (Å²) in [6, 6.07) is 16.8. The second-order valence-corrected chi connectivity index (χ2v) is 8.08. The number of ether oxygens (including phenoxy) is 2. The number of carbonyl (C=O) groups is 1. The number of carboxylic acid groups (broad SMARTS) is 1. The number of hydrogen-bond donors (Lipinski definition) is 2. The fourth-order valence-corrected chi connectivity index (χ4v) is 3.92. The van der Waals surface area contributed by atoms with Gasteiger partial charge in [0.25, 0.3) is 0 Å². The molecule has 0 aliphatic heterocycles. The molecule has 0 spiro atoms. The van der Waals surface area contributed by atoms with Gasteiger partial charge in [-0.3, -0.25) is 4.79 Å². The summed E-state index contributed by atoms with van der Waals surface area (Å²) in [7, 11) is 1.50. The topological polar surface area (TPSA) is 76.0 Å². The van der Waals surface area contributed by atoms with E-state index in [4.69, 9.17) is 9.47 Å². The lowest BCUT2D eigenvalue weighted by atomic mass is 9.84. The van der Waals surface area contributed by atoms with E-state index in [0.717, 1.165) is 18.4 Å². The van der Waals surface area contributed by atoms with Gasteiger partial charge in [-0.25, -0.2) is 4.39 Å². The van der Waals surface area contributed by atoms with Crippen molar-refractivity contribution >= 4 is 5.97 Å². The van der Waals surface area contributed by atoms with E-state index in [-0.39, 0.29) is 23.8 Å². The van der Waals surface area contributed by atoms with Crippen molar-refractivity contribution in [3.05, 3.63) is 77.6 Å². The molecule has 3 rings (SSSR count). The summed E-state index contributed by atoms with van der Waals surface area (Å²) in [5, 5.41) is 20.0. The van der Waals surface area contributed by atoms with E-state index in [1.165, 1.54) is 25.3 Å². The summed E-state index contributed by atoms with van der Waals surface area (Å²) in [4.78, 5) is 11.5. The molecular weight excluding hydrogens is 423 g/mol. The van der Waals surface area contributed by atoms with Crippen LogP contribution < -0.4 is 9.47 Å². The van der Waals surface area contributed by atoms with Crippen LogP contribution in [0.3, 0.4) is 0 Å². The highest BCUT2D eigenvalue weighted by Crippen LogP contribution is 2.35. The maximum absolute atomic E-state index is 14.3. The quantitative estimate of drug-likeness (QED) is 0.373. The minimum absolute atomic E-state index is 0.0599. The standard InChI is InChI=1S/C27H29FO5/c1-4-6-22(17(2)27(30)31)19-7-5-8-21(14-19)33-16-18-9-11-23(26(29)13-18)24-15-20(32-3)10-12-25(24)28/h5,7-15,17,22,29H,4,6,16H2,1-3H3,(H,30,31)/t17?,22-/m1/s1. The number of halogens is 1. The highest BCUT2D eigenvalue weighted by Gasteiger charge is 2.24. The molecule has 1 unspecified atom stereocenters. The Morgan fingerprint density at radius 2 is 1.82 bits per heavy atom. The summed E-state index contributed by atoms with van der Waals surface area (Å²) in [6.45, 7) is 3.96. The van der Waals surface area contributed by atoms with E-state index in [2.05, 4.69) is 0 Å². The van der Waals surface area contributed by atoms with Crippen LogP contribution in [0, 0.1) is 11.7 Å². The van der Waals surface area contributed by atoms with Gasteiger partial charge in [0.15, 0.2) is 0 Å². The van der Waals surface area contributed by atoms with Crippen LogP contribution in [0.2, 0.25) is 0 Å². The third-order valence-corrected chi connectivity index (χ3v) is 5.81. The molecule has 0 saturated heterocycles. The van der Waals surface area contributed by atoms with Crippen molar-refractivity contribution in [1.29, 1.82) is 0 Å². The summed E-state index contributed by atoms with van der Waals surface area (Å²) in [5.41, 5.74) is 2.26. The largest absolute Gasteiger partial charge is 0.507 e. The molecular formula is C27H29FO5. The summed E-state index contributed by atoms with van der Waals surface area (Å²) >= 11 is 0. The zero-order chi connectivity index (χ0) is 24.0. The van der Waals surface area contributed by atoms with Gasteiger partial charge in [0.1, 0.15) is 29.7 Å². The van der Waals surface area contributed by atoms with E-state index in [1.54, 1.807) is 25.1 Å². The predicted octanol–water partition coefficient (Wildman–Crippen LogP) is 6.39. The minimum Gasteiger partial charge on any atom is -0.507 e. The third-order valence-electron chi connectivity index (χ3n) is 5.81. The lowest BCUT2D eigenvalue weighted by molar-refractivity contribution is -0.142. The molecule has 0 aromatic heterocycles. The van der Waals surface area contributed by atoms with Crippen molar-refractivity contribution in [2.45, 2.75) is 39.2 Å². The average molecular weight is 453 g/mol. The van der Waals surface area contributed by atoms with Crippen LogP contribution in [0.4, 0.5) is 4.39 Å². The van der Waals surface area contributed by atoms with E-state index in [0.29, 0.717) is 22.6 Å². The molecule has 0 radical (unpaired) electrons. The molecule has 5 nitrogen and oxygen atoms in total. The van der Waals surface area contributed by atoms with Gasteiger partial charge in [0, 0.05) is 11.1 Å². The Balaban J connectivity index is 1.76. The first-order valence-corrected chi connectivity index (χ1v) is 10.9. The molecule has 33 heavy (non-hydrogen) atoms. The van der Waals surface area contributed by atoms with Gasteiger partial charge in [-0.05, 0) is 59.9 Å². The van der Waals surface area contributed by atoms with Gasteiger partial charge < -0.3 is 19.7 Å². The zero-order valence-corrected chi connectivity index (χ0v) is 19.0. The van der Waals surface area contributed by atoms with Crippen molar-refractivity contribution in [1.82, 2.24) is 0 Å². The van der Waals surface area contributed by atoms with E-state index in [1.807, 2.05) is 31.2 Å². The number of carboxylic acids is 1. The fraction of sp³-hybridized carbons (Fsp3) is 0.296. The van der Waals surface area contributed by atoms with Crippen LogP contribution >= 0.6 is 0 Å². The van der Waals surface area contributed by atoms with Crippen molar-refractivity contribution in [2.24, 2.45) is 5.92 Å². The Morgan fingerprint density at radius 1 is 1.03 bits per heavy atom. The second-order valence-electron chi connectivity index (χ2n) is 8.08. The van der Waals surface area contributed by atoms with Crippen molar-refractivity contribution < 1.29 is 28.9 Å². The van der Waals surface area contributed by atoms with Crippen molar-refractivity contribution in [2.75, 3.05) is 7.11 Å². The number of benzene rings is 3. The Hall–Kier alpha value is -3.54. The molecule has 0 fully saturated rings. The molecule has 3 aromatic rings. The van der Waals surface area contributed by atoms with Crippen LogP contribution in [0.15, 0.2) is 60.7 Å². The summed E-state index contributed by atoms with van der Waals surface area (Å²) in [5.74, 6) is -0.814. The summed E-state index contributed by atoms with van der Waals surface area (Å²) < 4.78 is 25.3. The lowest BCUT2D eigenvalue weighted by Crippen LogP contribution is -2.19. The van der Waals surface area contributed by atoms with Gasteiger partial charge in [0.2, 0.25) is 0 Å². The SMILES string of the molecule is CCC[C@@H](c1cccc(OCc2ccc(-c3cc(OC)ccc3F)c(O)c2)c1)C(C)C(=O)O.